The van der Waals surface area contributed by atoms with Crippen LogP contribution in [0.1, 0.15) is 25.6 Å². The van der Waals surface area contributed by atoms with E-state index in [1.807, 2.05) is 36.4 Å². The lowest BCUT2D eigenvalue weighted by Gasteiger charge is -2.05. The number of nitrogens with two attached hydrogens (primary N) is 1. The third kappa shape index (κ3) is 3.89. The van der Waals surface area contributed by atoms with Crippen molar-refractivity contribution in [1.29, 1.82) is 5.26 Å². The number of amides is 1. The number of anilines is 4. The number of carbonyl (C=O) groups excluding carboxylic acids is 1. The third-order valence-electron chi connectivity index (χ3n) is 3.66. The summed E-state index contributed by atoms with van der Waals surface area (Å²) in [7, 11) is 0. The summed E-state index contributed by atoms with van der Waals surface area (Å²) >= 11 is 1.06. The second-order valence-corrected chi connectivity index (χ2v) is 6.51. The fraction of sp³-hybridized carbons (Fsp3) is 0. The van der Waals surface area contributed by atoms with Crippen molar-refractivity contribution in [3.63, 3.8) is 0 Å². The quantitative estimate of drug-likeness (QED) is 0.533. The molecule has 0 atom stereocenters. The highest BCUT2D eigenvalue weighted by molar-refractivity contribution is 7.19. The lowest BCUT2D eigenvalue weighted by Crippen LogP contribution is -2.12. The Labute approximate surface area is 158 Å². The van der Waals surface area contributed by atoms with Crippen molar-refractivity contribution < 1.29 is 14.7 Å². The Morgan fingerprint density at radius 2 is 1.78 bits per heavy atom. The van der Waals surface area contributed by atoms with E-state index in [0.29, 0.717) is 10.7 Å². The summed E-state index contributed by atoms with van der Waals surface area (Å²) in [5.41, 5.74) is 7.39. The van der Waals surface area contributed by atoms with Crippen LogP contribution in [0.25, 0.3) is 0 Å². The van der Waals surface area contributed by atoms with Gasteiger partial charge < -0.3 is 21.5 Å². The molecular weight excluding hydrogens is 364 g/mol. The van der Waals surface area contributed by atoms with E-state index in [2.05, 4.69) is 10.6 Å². The van der Waals surface area contributed by atoms with E-state index in [0.717, 1.165) is 17.0 Å². The molecule has 2 aromatic carbocycles. The fourth-order valence-electron chi connectivity index (χ4n) is 2.38. The van der Waals surface area contributed by atoms with Gasteiger partial charge in [0.25, 0.3) is 5.91 Å². The van der Waals surface area contributed by atoms with E-state index in [1.165, 1.54) is 18.2 Å². The molecule has 0 bridgehead atoms. The lowest BCUT2D eigenvalue weighted by molar-refractivity contribution is 0.0696. The predicted molar refractivity (Wildman–Crippen MR) is 105 cm³/mol. The van der Waals surface area contributed by atoms with Gasteiger partial charge in [0, 0.05) is 11.4 Å². The van der Waals surface area contributed by atoms with Gasteiger partial charge in [-0.05, 0) is 30.3 Å². The molecule has 5 N–H and O–H groups in total. The number of nitrogens with one attached hydrogen (secondary N) is 2. The van der Waals surface area contributed by atoms with Crippen LogP contribution in [-0.4, -0.2) is 17.0 Å². The van der Waals surface area contributed by atoms with E-state index in [4.69, 9.17) is 10.8 Å². The van der Waals surface area contributed by atoms with Crippen molar-refractivity contribution in [1.82, 2.24) is 0 Å². The van der Waals surface area contributed by atoms with Crippen LogP contribution in [0.4, 0.5) is 22.1 Å². The molecule has 0 spiro atoms. The maximum absolute atomic E-state index is 12.6. The lowest BCUT2D eigenvalue weighted by atomic mass is 10.2. The van der Waals surface area contributed by atoms with E-state index in [9.17, 15) is 14.9 Å². The number of para-hydroxylation sites is 1. The number of hydrogen-bond donors (Lipinski definition) is 4. The number of rotatable bonds is 5. The molecule has 1 amide bonds. The van der Waals surface area contributed by atoms with Crippen LogP contribution in [0.3, 0.4) is 0 Å². The molecule has 0 aliphatic rings. The second-order valence-electron chi connectivity index (χ2n) is 5.49. The molecule has 27 heavy (non-hydrogen) atoms. The Bertz CT molecular complexity index is 1050. The van der Waals surface area contributed by atoms with Crippen LogP contribution >= 0.6 is 11.3 Å². The first-order valence-electron chi connectivity index (χ1n) is 7.78. The number of nitriles is 1. The van der Waals surface area contributed by atoms with Crippen molar-refractivity contribution in [2.45, 2.75) is 0 Å². The van der Waals surface area contributed by atoms with E-state index in [-0.39, 0.29) is 21.7 Å². The van der Waals surface area contributed by atoms with Gasteiger partial charge in [-0.25, -0.2) is 4.79 Å². The molecule has 0 unspecified atom stereocenters. The Morgan fingerprint density at radius 3 is 2.44 bits per heavy atom. The van der Waals surface area contributed by atoms with Gasteiger partial charge in [0.1, 0.15) is 21.5 Å². The number of carbonyl (C=O) groups is 2. The average Bonchev–Trinajstić information content (AvgIpc) is 2.98. The standard InChI is InChI=1S/C19H14N4O3S/c20-10-14-15(21)16(27-18(14)23-12-6-2-1-3-7-12)17(24)22-13-8-4-5-11(9-13)19(25)26/h1-9,23H,21H2,(H,22,24)(H,25,26). The molecule has 0 aliphatic carbocycles. The van der Waals surface area contributed by atoms with Gasteiger partial charge in [-0.15, -0.1) is 11.3 Å². The number of carboxylic acid groups (broad SMARTS) is 1. The molecule has 0 saturated heterocycles. The van der Waals surface area contributed by atoms with Crippen molar-refractivity contribution in [2.24, 2.45) is 0 Å². The first-order valence-corrected chi connectivity index (χ1v) is 8.60. The number of carboxylic acids is 1. The van der Waals surface area contributed by atoms with Gasteiger partial charge in [-0.2, -0.15) is 5.26 Å². The molecule has 0 saturated carbocycles. The number of thiophene rings is 1. The summed E-state index contributed by atoms with van der Waals surface area (Å²) in [6.45, 7) is 0. The minimum absolute atomic E-state index is 0.0519. The minimum atomic E-state index is -1.09. The predicted octanol–water partition coefficient (Wildman–Crippen LogP) is 3.90. The van der Waals surface area contributed by atoms with Crippen LogP contribution in [0.15, 0.2) is 54.6 Å². The summed E-state index contributed by atoms with van der Waals surface area (Å²) < 4.78 is 0. The molecule has 8 heteroatoms. The van der Waals surface area contributed by atoms with Crippen LogP contribution in [0, 0.1) is 11.3 Å². The van der Waals surface area contributed by atoms with Gasteiger partial charge >= 0.3 is 5.97 Å². The maximum atomic E-state index is 12.6. The van der Waals surface area contributed by atoms with E-state index in [1.54, 1.807) is 6.07 Å². The normalized spacial score (nSPS) is 10.0. The molecule has 1 aromatic heterocycles. The molecule has 0 aliphatic heterocycles. The smallest absolute Gasteiger partial charge is 0.335 e. The zero-order valence-corrected chi connectivity index (χ0v) is 14.7. The molecule has 3 rings (SSSR count). The summed E-state index contributed by atoms with van der Waals surface area (Å²) in [5.74, 6) is -1.61. The molecule has 134 valence electrons. The van der Waals surface area contributed by atoms with Gasteiger partial charge in [-0.1, -0.05) is 24.3 Å². The molecule has 3 aromatic rings. The monoisotopic (exact) mass is 378 g/mol. The topological polar surface area (TPSA) is 128 Å². The van der Waals surface area contributed by atoms with Crippen LogP contribution < -0.4 is 16.4 Å². The Morgan fingerprint density at radius 1 is 1.07 bits per heavy atom. The number of hydrogen-bond acceptors (Lipinski definition) is 6. The zero-order valence-electron chi connectivity index (χ0n) is 13.9. The van der Waals surface area contributed by atoms with Gasteiger partial charge in [-0.3, -0.25) is 4.79 Å². The molecule has 7 nitrogen and oxygen atoms in total. The Balaban J connectivity index is 1.88. The van der Waals surface area contributed by atoms with Crippen LogP contribution in [0.5, 0.6) is 0 Å². The largest absolute Gasteiger partial charge is 0.478 e. The van der Waals surface area contributed by atoms with Crippen LogP contribution in [-0.2, 0) is 0 Å². The highest BCUT2D eigenvalue weighted by atomic mass is 32.1. The SMILES string of the molecule is N#Cc1c(Nc2ccccc2)sc(C(=O)Nc2cccc(C(=O)O)c2)c1N. The maximum Gasteiger partial charge on any atom is 0.335 e. The van der Waals surface area contributed by atoms with Gasteiger partial charge in [0.2, 0.25) is 0 Å². The third-order valence-corrected chi connectivity index (χ3v) is 4.78. The summed E-state index contributed by atoms with van der Waals surface area (Å²) in [6.07, 6.45) is 0. The van der Waals surface area contributed by atoms with Gasteiger partial charge in [0.05, 0.1) is 11.3 Å². The van der Waals surface area contributed by atoms with E-state index < -0.39 is 11.9 Å². The molecule has 0 fully saturated rings. The first-order chi connectivity index (χ1) is 13.0. The summed E-state index contributed by atoms with van der Waals surface area (Å²) in [5, 5.41) is 24.6. The Kier molecular flexibility index (Phi) is 5.06. The second kappa shape index (κ2) is 7.59. The van der Waals surface area contributed by atoms with E-state index >= 15 is 0 Å². The number of aromatic carboxylic acids is 1. The summed E-state index contributed by atoms with van der Waals surface area (Å²) in [6, 6.07) is 17.1. The minimum Gasteiger partial charge on any atom is -0.478 e. The number of benzene rings is 2. The molecule has 0 radical (unpaired) electrons. The van der Waals surface area contributed by atoms with Crippen molar-refractivity contribution in [2.75, 3.05) is 16.4 Å². The summed E-state index contributed by atoms with van der Waals surface area (Å²) in [4.78, 5) is 23.8. The Hall–Kier alpha value is -3.83. The highest BCUT2D eigenvalue weighted by Crippen LogP contribution is 2.37. The van der Waals surface area contributed by atoms with Crippen molar-refractivity contribution >= 4 is 45.3 Å². The number of nitrogens with zero attached hydrogens (tertiary/aromatic N) is 1. The zero-order chi connectivity index (χ0) is 19.4. The average molecular weight is 378 g/mol. The molecule has 1 heterocycles. The highest BCUT2D eigenvalue weighted by Gasteiger charge is 2.21. The van der Waals surface area contributed by atoms with Crippen molar-refractivity contribution in [3.05, 3.63) is 70.6 Å². The van der Waals surface area contributed by atoms with Crippen molar-refractivity contribution in [3.8, 4) is 6.07 Å². The van der Waals surface area contributed by atoms with Crippen LogP contribution in [0.2, 0.25) is 0 Å². The van der Waals surface area contributed by atoms with Gasteiger partial charge in [0.15, 0.2) is 0 Å². The fourth-order valence-corrected chi connectivity index (χ4v) is 3.37. The number of nitrogen functional groups attached to an aromatic ring is 1. The molecular formula is C19H14N4O3S. The first kappa shape index (κ1) is 18.0.